The van der Waals surface area contributed by atoms with Crippen molar-refractivity contribution in [1.82, 2.24) is 20.2 Å². The molecule has 0 aliphatic carbocycles. The maximum atomic E-state index is 5.66. The van der Waals surface area contributed by atoms with Gasteiger partial charge in [-0.3, -0.25) is 0 Å². The van der Waals surface area contributed by atoms with Crippen LogP contribution in [0, 0.1) is 0 Å². The van der Waals surface area contributed by atoms with E-state index in [4.69, 9.17) is 11.6 Å². The summed E-state index contributed by atoms with van der Waals surface area (Å²) >= 11 is 5.66. The second kappa shape index (κ2) is 4.76. The van der Waals surface area contributed by atoms with E-state index in [1.807, 2.05) is 30.3 Å². The van der Waals surface area contributed by atoms with Crippen molar-refractivity contribution in [2.45, 2.75) is 0 Å². The van der Waals surface area contributed by atoms with Crippen LogP contribution in [0.4, 0.5) is 5.95 Å². The van der Waals surface area contributed by atoms with Gasteiger partial charge >= 0.3 is 0 Å². The number of benzene rings is 1. The molecule has 6 heteroatoms. The van der Waals surface area contributed by atoms with Crippen molar-refractivity contribution in [1.29, 1.82) is 0 Å². The maximum absolute atomic E-state index is 5.66. The van der Waals surface area contributed by atoms with Crippen LogP contribution >= 0.6 is 11.6 Å². The highest BCUT2D eigenvalue weighted by Gasteiger charge is 2.06. The zero-order valence-corrected chi connectivity index (χ0v) is 9.22. The first kappa shape index (κ1) is 10.6. The summed E-state index contributed by atoms with van der Waals surface area (Å²) in [7, 11) is 0. The van der Waals surface area contributed by atoms with Crippen LogP contribution in [0.5, 0.6) is 0 Å². The molecule has 2 rings (SSSR count). The molecule has 0 aliphatic rings. The molecule has 1 N–H and O–H groups in total. The molecule has 0 spiro atoms. The molecule has 0 amide bonds. The molecular formula is C10H10ClN5. The van der Waals surface area contributed by atoms with Crippen LogP contribution in [-0.2, 0) is 0 Å². The van der Waals surface area contributed by atoms with E-state index in [2.05, 4.69) is 27.4 Å². The zero-order chi connectivity index (χ0) is 11.4. The fourth-order valence-corrected chi connectivity index (χ4v) is 1.28. The second-order valence-electron chi connectivity index (χ2n) is 3.12. The van der Waals surface area contributed by atoms with Crippen molar-refractivity contribution in [3.63, 3.8) is 0 Å². The molecule has 0 fully saturated rings. The zero-order valence-electron chi connectivity index (χ0n) is 8.47. The molecule has 0 atom stereocenters. The Balaban J connectivity index is 2.23. The van der Waals surface area contributed by atoms with E-state index in [1.165, 1.54) is 0 Å². The van der Waals surface area contributed by atoms with Crippen LogP contribution < -0.4 is 5.32 Å². The topological polar surface area (TPSA) is 55.6 Å². The lowest BCUT2D eigenvalue weighted by Crippen LogP contribution is -2.08. The summed E-state index contributed by atoms with van der Waals surface area (Å²) in [6.07, 6.45) is 0. The van der Waals surface area contributed by atoms with Crippen molar-refractivity contribution in [2.75, 3.05) is 11.9 Å². The fourth-order valence-electron chi connectivity index (χ4n) is 1.22. The van der Waals surface area contributed by atoms with Crippen molar-refractivity contribution >= 4 is 17.5 Å². The number of hydrogen-bond acceptors (Lipinski definition) is 4. The Kier molecular flexibility index (Phi) is 3.16. The molecule has 0 unspecified atom stereocenters. The van der Waals surface area contributed by atoms with Gasteiger partial charge in [-0.15, -0.1) is 0 Å². The number of halogens is 1. The van der Waals surface area contributed by atoms with Gasteiger partial charge in [-0.05, 0) is 22.6 Å². The number of para-hydroxylation sites is 1. The first-order valence-electron chi connectivity index (χ1n) is 4.68. The lowest BCUT2D eigenvalue weighted by Gasteiger charge is -2.05. The molecule has 0 saturated carbocycles. The molecule has 1 aromatic carbocycles. The first-order chi connectivity index (χ1) is 7.77. The van der Waals surface area contributed by atoms with Gasteiger partial charge in [-0.2, -0.15) is 4.68 Å². The molecule has 0 saturated heterocycles. The van der Waals surface area contributed by atoms with Gasteiger partial charge in [0.2, 0.25) is 5.95 Å². The molecule has 82 valence electrons. The van der Waals surface area contributed by atoms with E-state index in [9.17, 15) is 0 Å². The Labute approximate surface area is 97.7 Å². The lowest BCUT2D eigenvalue weighted by molar-refractivity contribution is 0.790. The number of nitrogens with one attached hydrogen (secondary N) is 1. The van der Waals surface area contributed by atoms with Gasteiger partial charge in [0.25, 0.3) is 0 Å². The number of hydrogen-bond donors (Lipinski definition) is 1. The number of rotatable bonds is 4. The van der Waals surface area contributed by atoms with E-state index in [1.54, 1.807) is 4.68 Å². The summed E-state index contributed by atoms with van der Waals surface area (Å²) < 4.78 is 1.60. The summed E-state index contributed by atoms with van der Waals surface area (Å²) in [5.74, 6) is 0.535. The number of aromatic nitrogens is 4. The van der Waals surface area contributed by atoms with Gasteiger partial charge in [0.15, 0.2) is 0 Å². The average molecular weight is 236 g/mol. The van der Waals surface area contributed by atoms with E-state index in [-0.39, 0.29) is 0 Å². The highest BCUT2D eigenvalue weighted by molar-refractivity contribution is 6.29. The highest BCUT2D eigenvalue weighted by atomic mass is 35.5. The normalized spacial score (nSPS) is 10.1. The number of tetrazole rings is 1. The van der Waals surface area contributed by atoms with E-state index in [0.29, 0.717) is 17.5 Å². The summed E-state index contributed by atoms with van der Waals surface area (Å²) in [6, 6.07) is 9.60. The molecule has 16 heavy (non-hydrogen) atoms. The van der Waals surface area contributed by atoms with E-state index in [0.717, 1.165) is 5.69 Å². The van der Waals surface area contributed by atoms with Gasteiger partial charge in [0, 0.05) is 5.03 Å². The Bertz CT molecular complexity index is 479. The van der Waals surface area contributed by atoms with Crippen LogP contribution in [0.25, 0.3) is 5.69 Å². The summed E-state index contributed by atoms with van der Waals surface area (Å²) in [6.45, 7) is 4.01. The van der Waals surface area contributed by atoms with Gasteiger partial charge in [0.1, 0.15) is 0 Å². The Hall–Kier alpha value is -1.88. The van der Waals surface area contributed by atoms with Crippen LogP contribution in [0.1, 0.15) is 0 Å². The SMILES string of the molecule is C=C(Cl)CNc1nnnn1-c1ccccc1. The van der Waals surface area contributed by atoms with Crippen LogP contribution in [0.3, 0.4) is 0 Å². The van der Waals surface area contributed by atoms with Gasteiger partial charge in [-0.25, -0.2) is 0 Å². The third kappa shape index (κ3) is 2.38. The third-order valence-electron chi connectivity index (χ3n) is 1.91. The van der Waals surface area contributed by atoms with Crippen molar-refractivity contribution < 1.29 is 0 Å². The Morgan fingerprint density at radius 2 is 2.12 bits per heavy atom. The predicted octanol–water partition coefficient (Wildman–Crippen LogP) is 1.83. The third-order valence-corrected chi connectivity index (χ3v) is 2.04. The molecule has 0 bridgehead atoms. The average Bonchev–Trinajstić information content (AvgIpc) is 2.75. The van der Waals surface area contributed by atoms with Crippen molar-refractivity contribution in [3.8, 4) is 5.69 Å². The van der Waals surface area contributed by atoms with Gasteiger partial charge in [-0.1, -0.05) is 41.5 Å². The maximum Gasteiger partial charge on any atom is 0.248 e. The van der Waals surface area contributed by atoms with Crippen LogP contribution in [0.15, 0.2) is 41.9 Å². The number of anilines is 1. The Morgan fingerprint density at radius 1 is 1.38 bits per heavy atom. The molecule has 5 nitrogen and oxygen atoms in total. The first-order valence-corrected chi connectivity index (χ1v) is 5.06. The molecular weight excluding hydrogens is 226 g/mol. The van der Waals surface area contributed by atoms with Gasteiger partial charge < -0.3 is 5.32 Å². The summed E-state index contributed by atoms with van der Waals surface area (Å²) in [4.78, 5) is 0. The summed E-state index contributed by atoms with van der Waals surface area (Å²) in [5.41, 5.74) is 0.884. The van der Waals surface area contributed by atoms with Crippen LogP contribution in [-0.4, -0.2) is 26.8 Å². The smallest absolute Gasteiger partial charge is 0.248 e. The minimum atomic E-state index is 0.425. The molecule has 1 heterocycles. The van der Waals surface area contributed by atoms with E-state index < -0.39 is 0 Å². The lowest BCUT2D eigenvalue weighted by atomic mass is 10.3. The fraction of sp³-hybridized carbons (Fsp3) is 0.100. The van der Waals surface area contributed by atoms with E-state index >= 15 is 0 Å². The second-order valence-corrected chi connectivity index (χ2v) is 3.66. The predicted molar refractivity (Wildman–Crippen MR) is 62.6 cm³/mol. The summed E-state index contributed by atoms with van der Waals surface area (Å²) in [5, 5.41) is 14.8. The molecule has 0 radical (unpaired) electrons. The standard InChI is InChI=1S/C10H10ClN5/c1-8(11)7-12-10-13-14-15-16(10)9-5-3-2-4-6-9/h2-6H,1,7H2,(H,12,13,15). The quantitative estimate of drug-likeness (QED) is 0.879. The monoisotopic (exact) mass is 235 g/mol. The molecule has 1 aromatic heterocycles. The van der Waals surface area contributed by atoms with Gasteiger partial charge in [0.05, 0.1) is 12.2 Å². The largest absolute Gasteiger partial charge is 0.348 e. The van der Waals surface area contributed by atoms with Crippen molar-refractivity contribution in [2.24, 2.45) is 0 Å². The van der Waals surface area contributed by atoms with Crippen molar-refractivity contribution in [3.05, 3.63) is 41.9 Å². The Morgan fingerprint density at radius 3 is 2.81 bits per heavy atom. The number of nitrogens with zero attached hydrogens (tertiary/aromatic N) is 4. The minimum Gasteiger partial charge on any atom is -0.348 e. The van der Waals surface area contributed by atoms with Crippen LogP contribution in [0.2, 0.25) is 0 Å². The molecule has 0 aliphatic heterocycles. The molecule has 2 aromatic rings. The minimum absolute atomic E-state index is 0.425. The highest BCUT2D eigenvalue weighted by Crippen LogP contribution is 2.10.